The number of aromatic nitrogens is 5. The number of nitrogens with zero attached hydrogens (tertiary/aromatic N) is 4. The number of halogens is 1. The standard InChI is InChI=1S/C27H27FN6O2/c1-15-19(16(2)29-26-25(15)27(36-4)33-34(26)3)10-12-24(35)30-18-9-11-21-22(14-18)32-23(31-21)13-17-7-5-6-8-20(17)28/h5-9,11,14H,10,12-13H2,1-4H3,(H,30,35)(H,31,32). The molecule has 8 nitrogen and oxygen atoms in total. The fourth-order valence-corrected chi connectivity index (χ4v) is 4.62. The van der Waals surface area contributed by atoms with Crippen molar-refractivity contribution in [2.75, 3.05) is 12.4 Å². The molecule has 0 fully saturated rings. The number of amides is 1. The van der Waals surface area contributed by atoms with Crippen LogP contribution in [0.1, 0.15) is 34.6 Å². The number of anilines is 1. The van der Waals surface area contributed by atoms with Gasteiger partial charge in [-0.1, -0.05) is 18.2 Å². The van der Waals surface area contributed by atoms with Crippen molar-refractivity contribution < 1.29 is 13.9 Å². The maximum Gasteiger partial charge on any atom is 0.242 e. The Morgan fingerprint density at radius 2 is 1.97 bits per heavy atom. The minimum absolute atomic E-state index is 0.0995. The van der Waals surface area contributed by atoms with E-state index in [2.05, 4.69) is 20.4 Å². The van der Waals surface area contributed by atoms with Crippen LogP contribution in [0.15, 0.2) is 42.5 Å². The Morgan fingerprint density at radius 3 is 2.75 bits per heavy atom. The molecule has 2 aromatic carbocycles. The van der Waals surface area contributed by atoms with Crippen LogP contribution in [0.4, 0.5) is 10.1 Å². The maximum atomic E-state index is 14.0. The van der Waals surface area contributed by atoms with Crippen LogP contribution < -0.4 is 10.1 Å². The lowest BCUT2D eigenvalue weighted by Gasteiger charge is -2.11. The van der Waals surface area contributed by atoms with E-state index in [1.165, 1.54) is 6.07 Å². The number of rotatable bonds is 7. The number of benzene rings is 2. The van der Waals surface area contributed by atoms with E-state index >= 15 is 0 Å². The van der Waals surface area contributed by atoms with Crippen LogP contribution in [0.5, 0.6) is 5.88 Å². The first-order valence-electron chi connectivity index (χ1n) is 11.7. The number of methoxy groups -OCH3 is 1. The van der Waals surface area contributed by atoms with Gasteiger partial charge in [0.2, 0.25) is 11.8 Å². The van der Waals surface area contributed by atoms with E-state index in [1.807, 2.05) is 39.1 Å². The Bertz CT molecular complexity index is 1600. The number of imidazole rings is 1. The Balaban J connectivity index is 1.29. The number of ether oxygens (including phenoxy) is 1. The first-order chi connectivity index (χ1) is 17.3. The molecule has 1 amide bonds. The van der Waals surface area contributed by atoms with Crippen molar-refractivity contribution in [1.82, 2.24) is 24.7 Å². The molecule has 0 aliphatic heterocycles. The molecule has 2 N–H and O–H groups in total. The van der Waals surface area contributed by atoms with Crippen molar-refractivity contribution in [3.05, 3.63) is 76.5 Å². The average Bonchev–Trinajstić information content (AvgIpc) is 3.40. The highest BCUT2D eigenvalue weighted by molar-refractivity contribution is 5.93. The third kappa shape index (κ3) is 4.39. The number of hydrogen-bond donors (Lipinski definition) is 2. The molecule has 0 unspecified atom stereocenters. The zero-order chi connectivity index (χ0) is 25.4. The number of aryl methyl sites for hydroxylation is 3. The van der Waals surface area contributed by atoms with Crippen molar-refractivity contribution in [2.45, 2.75) is 33.1 Å². The summed E-state index contributed by atoms with van der Waals surface area (Å²) in [7, 11) is 3.43. The van der Waals surface area contributed by atoms with Crippen LogP contribution >= 0.6 is 0 Å². The fourth-order valence-electron chi connectivity index (χ4n) is 4.62. The van der Waals surface area contributed by atoms with Crippen LogP contribution in [0.25, 0.3) is 22.1 Å². The molecule has 3 aromatic heterocycles. The third-order valence-corrected chi connectivity index (χ3v) is 6.45. The topological polar surface area (TPSA) is 97.7 Å². The predicted octanol–water partition coefficient (Wildman–Crippen LogP) is 4.77. The van der Waals surface area contributed by atoms with Gasteiger partial charge in [-0.05, 0) is 61.2 Å². The van der Waals surface area contributed by atoms with Crippen LogP contribution in [0.3, 0.4) is 0 Å². The highest BCUT2D eigenvalue weighted by Crippen LogP contribution is 2.30. The molecule has 36 heavy (non-hydrogen) atoms. The van der Waals surface area contributed by atoms with Gasteiger partial charge in [0.25, 0.3) is 0 Å². The molecule has 3 heterocycles. The molecule has 0 bridgehead atoms. The molecule has 0 aliphatic rings. The molecule has 9 heteroatoms. The number of fused-ring (bicyclic) bond motifs is 2. The summed E-state index contributed by atoms with van der Waals surface area (Å²) in [6.07, 6.45) is 1.21. The first-order valence-corrected chi connectivity index (χ1v) is 11.7. The lowest BCUT2D eigenvalue weighted by atomic mass is 10.00. The highest BCUT2D eigenvalue weighted by atomic mass is 19.1. The van der Waals surface area contributed by atoms with E-state index < -0.39 is 0 Å². The minimum atomic E-state index is -0.257. The number of nitrogens with one attached hydrogen (secondary N) is 2. The van der Waals surface area contributed by atoms with E-state index in [0.717, 1.165) is 38.9 Å². The Hall–Kier alpha value is -4.27. The average molecular weight is 487 g/mol. The van der Waals surface area contributed by atoms with E-state index in [0.29, 0.717) is 42.2 Å². The number of carbonyl (C=O) groups excluding carboxylic acids is 1. The zero-order valence-corrected chi connectivity index (χ0v) is 20.6. The van der Waals surface area contributed by atoms with Crippen molar-refractivity contribution >= 4 is 33.7 Å². The van der Waals surface area contributed by atoms with Crippen LogP contribution in [0, 0.1) is 19.7 Å². The van der Waals surface area contributed by atoms with Crippen molar-refractivity contribution in [3.8, 4) is 5.88 Å². The van der Waals surface area contributed by atoms with Gasteiger partial charge in [0, 0.05) is 31.3 Å². The largest absolute Gasteiger partial charge is 0.479 e. The summed E-state index contributed by atoms with van der Waals surface area (Å²) in [6.45, 7) is 3.96. The summed E-state index contributed by atoms with van der Waals surface area (Å²) >= 11 is 0. The summed E-state index contributed by atoms with van der Waals surface area (Å²) < 4.78 is 21.1. The van der Waals surface area contributed by atoms with Crippen LogP contribution in [-0.2, 0) is 24.7 Å². The molecule has 0 atom stereocenters. The van der Waals surface area contributed by atoms with Crippen LogP contribution in [-0.4, -0.2) is 37.7 Å². The SMILES string of the molecule is COc1nn(C)c2nc(C)c(CCC(=O)Nc3ccc4nc(Cc5ccccc5F)[nH]c4c3)c(C)c12. The molecule has 184 valence electrons. The summed E-state index contributed by atoms with van der Waals surface area (Å²) in [6, 6.07) is 12.2. The normalized spacial score (nSPS) is 11.4. The van der Waals surface area contributed by atoms with E-state index in [9.17, 15) is 9.18 Å². The third-order valence-electron chi connectivity index (χ3n) is 6.45. The monoisotopic (exact) mass is 486 g/mol. The summed E-state index contributed by atoms with van der Waals surface area (Å²) in [5.41, 5.74) is 6.47. The Kier molecular flexibility index (Phi) is 6.13. The van der Waals surface area contributed by atoms with Crippen molar-refractivity contribution in [1.29, 1.82) is 0 Å². The van der Waals surface area contributed by atoms with Crippen molar-refractivity contribution in [2.24, 2.45) is 7.05 Å². The zero-order valence-electron chi connectivity index (χ0n) is 20.6. The Labute approximate surface area is 207 Å². The van der Waals surface area contributed by atoms with E-state index in [-0.39, 0.29) is 11.7 Å². The number of carbonyl (C=O) groups is 1. The molecule has 0 radical (unpaired) electrons. The quantitative estimate of drug-likeness (QED) is 0.345. The number of hydrogen-bond acceptors (Lipinski definition) is 5. The second-order valence-corrected chi connectivity index (χ2v) is 8.86. The van der Waals surface area contributed by atoms with Gasteiger partial charge in [-0.2, -0.15) is 0 Å². The van der Waals surface area contributed by atoms with Crippen LogP contribution in [0.2, 0.25) is 0 Å². The summed E-state index contributed by atoms with van der Waals surface area (Å²) in [4.78, 5) is 25.2. The number of pyridine rings is 1. The second-order valence-electron chi connectivity index (χ2n) is 8.86. The van der Waals surface area contributed by atoms with Gasteiger partial charge in [-0.25, -0.2) is 19.0 Å². The molecule has 5 rings (SSSR count). The Morgan fingerprint density at radius 1 is 1.17 bits per heavy atom. The molecule has 0 saturated carbocycles. The molecule has 0 spiro atoms. The van der Waals surface area contributed by atoms with E-state index in [1.54, 1.807) is 30.0 Å². The summed E-state index contributed by atoms with van der Waals surface area (Å²) in [5, 5.41) is 8.22. The lowest BCUT2D eigenvalue weighted by molar-refractivity contribution is -0.116. The molecular weight excluding hydrogens is 459 g/mol. The number of aromatic amines is 1. The lowest BCUT2D eigenvalue weighted by Crippen LogP contribution is -2.13. The van der Waals surface area contributed by atoms with Gasteiger partial charge in [0.1, 0.15) is 11.6 Å². The van der Waals surface area contributed by atoms with Gasteiger partial charge >= 0.3 is 0 Å². The smallest absolute Gasteiger partial charge is 0.242 e. The van der Waals surface area contributed by atoms with Gasteiger partial charge in [-0.15, -0.1) is 5.10 Å². The summed E-state index contributed by atoms with van der Waals surface area (Å²) in [5.74, 6) is 0.842. The van der Waals surface area contributed by atoms with Gasteiger partial charge in [0.05, 0.1) is 23.5 Å². The van der Waals surface area contributed by atoms with Gasteiger partial charge in [-0.3, -0.25) is 4.79 Å². The fraction of sp³-hybridized carbons (Fsp3) is 0.259. The molecular formula is C27H27FN6O2. The molecule has 0 saturated heterocycles. The van der Waals surface area contributed by atoms with E-state index in [4.69, 9.17) is 9.72 Å². The maximum absolute atomic E-state index is 14.0. The van der Waals surface area contributed by atoms with Gasteiger partial charge in [0.15, 0.2) is 5.65 Å². The molecule has 0 aliphatic carbocycles. The molecule has 5 aromatic rings. The first kappa shape index (κ1) is 23.5. The predicted molar refractivity (Wildman–Crippen MR) is 137 cm³/mol. The van der Waals surface area contributed by atoms with Gasteiger partial charge < -0.3 is 15.0 Å². The highest BCUT2D eigenvalue weighted by Gasteiger charge is 2.18. The minimum Gasteiger partial charge on any atom is -0.479 e. The van der Waals surface area contributed by atoms with Crippen molar-refractivity contribution in [3.63, 3.8) is 0 Å². The number of H-pyrrole nitrogens is 1. The second kappa shape index (κ2) is 9.41.